The predicted molar refractivity (Wildman–Crippen MR) is 95.4 cm³/mol. The second kappa shape index (κ2) is 14.5. The van der Waals surface area contributed by atoms with Crippen LogP contribution in [0.2, 0.25) is 0 Å². The molecule has 0 N–H and O–H groups in total. The second-order valence-electron chi connectivity index (χ2n) is 7.22. The Hall–Kier alpha value is -0.0800. The van der Waals surface area contributed by atoms with Crippen LogP contribution in [0.4, 0.5) is 0 Å². The lowest BCUT2D eigenvalue weighted by Gasteiger charge is -2.07. The highest BCUT2D eigenvalue weighted by molar-refractivity contribution is 4.67. The van der Waals surface area contributed by atoms with Crippen molar-refractivity contribution in [1.82, 2.24) is 0 Å². The molecule has 1 aliphatic rings. The molecule has 0 bridgehead atoms. The molecule has 132 valence electrons. The van der Waals surface area contributed by atoms with Crippen LogP contribution in [0.15, 0.2) is 0 Å². The molecule has 1 fully saturated rings. The van der Waals surface area contributed by atoms with Crippen LogP contribution in [0.25, 0.3) is 0 Å². The first-order chi connectivity index (χ1) is 10.8. The van der Waals surface area contributed by atoms with Gasteiger partial charge < -0.3 is 9.47 Å². The zero-order valence-corrected chi connectivity index (χ0v) is 15.3. The molecule has 0 spiro atoms. The van der Waals surface area contributed by atoms with Crippen LogP contribution in [-0.4, -0.2) is 25.9 Å². The van der Waals surface area contributed by atoms with Crippen molar-refractivity contribution in [3.05, 3.63) is 0 Å². The second-order valence-corrected chi connectivity index (χ2v) is 7.22. The van der Waals surface area contributed by atoms with E-state index >= 15 is 0 Å². The Balaban J connectivity index is 1.62. The first kappa shape index (κ1) is 20.0. The molecule has 1 rings (SSSR count). The minimum Gasteiger partial charge on any atom is -0.379 e. The lowest BCUT2D eigenvalue weighted by molar-refractivity contribution is 0.113. The van der Waals surface area contributed by atoms with Gasteiger partial charge in [-0.15, -0.1) is 0 Å². The normalized spacial score (nSPS) is 18.5. The molecule has 2 nitrogen and oxygen atoms in total. The van der Waals surface area contributed by atoms with E-state index in [0.29, 0.717) is 6.10 Å². The Morgan fingerprint density at radius 1 is 0.864 bits per heavy atom. The van der Waals surface area contributed by atoms with Crippen LogP contribution in [-0.2, 0) is 9.47 Å². The van der Waals surface area contributed by atoms with Gasteiger partial charge in [0.2, 0.25) is 0 Å². The number of rotatable bonds is 17. The van der Waals surface area contributed by atoms with Crippen LogP contribution >= 0.6 is 0 Å². The Morgan fingerprint density at radius 2 is 1.36 bits per heavy atom. The minimum absolute atomic E-state index is 0.426. The van der Waals surface area contributed by atoms with Gasteiger partial charge in [-0.05, 0) is 12.3 Å². The van der Waals surface area contributed by atoms with Gasteiger partial charge in [0.1, 0.15) is 6.10 Å². The fourth-order valence-corrected chi connectivity index (χ4v) is 2.87. The average Bonchev–Trinajstić information content (AvgIpc) is 3.35. The van der Waals surface area contributed by atoms with Crippen molar-refractivity contribution in [3.63, 3.8) is 0 Å². The summed E-state index contributed by atoms with van der Waals surface area (Å²) in [6.45, 7) is 7.35. The fourth-order valence-electron chi connectivity index (χ4n) is 2.87. The van der Waals surface area contributed by atoms with Gasteiger partial charge in [-0.2, -0.15) is 0 Å². The van der Waals surface area contributed by atoms with Crippen molar-refractivity contribution >= 4 is 0 Å². The number of unbranched alkanes of at least 4 members (excludes halogenated alkanes) is 10. The Kier molecular flexibility index (Phi) is 13.2. The van der Waals surface area contributed by atoms with Gasteiger partial charge in [-0.1, -0.05) is 90.9 Å². The zero-order valence-electron chi connectivity index (χ0n) is 15.3. The molecule has 2 heteroatoms. The van der Waals surface area contributed by atoms with E-state index in [0.717, 1.165) is 25.7 Å². The zero-order chi connectivity index (χ0) is 15.9. The Bertz CT molecular complexity index is 226. The van der Waals surface area contributed by atoms with E-state index in [9.17, 15) is 0 Å². The van der Waals surface area contributed by atoms with Crippen molar-refractivity contribution in [2.24, 2.45) is 5.92 Å². The molecular weight excluding hydrogens is 272 g/mol. The summed E-state index contributed by atoms with van der Waals surface area (Å²) < 4.78 is 10.7. The van der Waals surface area contributed by atoms with E-state index in [1.165, 1.54) is 83.5 Å². The standard InChI is InChI=1S/C20H40O2/c1-3-19(2)15-13-11-9-7-5-4-6-8-10-12-14-16-21-17-20-18-22-20/h19-20H,3-18H2,1-2H3. The third-order valence-corrected chi connectivity index (χ3v) is 4.89. The third-order valence-electron chi connectivity index (χ3n) is 4.89. The molecule has 0 aromatic rings. The molecule has 0 aromatic heterocycles. The van der Waals surface area contributed by atoms with E-state index in [-0.39, 0.29) is 0 Å². The van der Waals surface area contributed by atoms with Gasteiger partial charge in [0.25, 0.3) is 0 Å². The quantitative estimate of drug-likeness (QED) is 0.238. The van der Waals surface area contributed by atoms with Crippen molar-refractivity contribution < 1.29 is 9.47 Å². The van der Waals surface area contributed by atoms with E-state index < -0.39 is 0 Å². The third kappa shape index (κ3) is 13.6. The SMILES string of the molecule is CCC(C)CCCCCCCCCCCCCOCC1CO1. The summed E-state index contributed by atoms with van der Waals surface area (Å²) in [5.74, 6) is 0.937. The van der Waals surface area contributed by atoms with E-state index in [1.807, 2.05) is 0 Å². The van der Waals surface area contributed by atoms with Gasteiger partial charge in [0.05, 0.1) is 13.2 Å². The maximum absolute atomic E-state index is 5.55. The molecular formula is C20H40O2. The predicted octanol–water partition coefficient (Wildman–Crippen LogP) is 6.13. The van der Waals surface area contributed by atoms with Gasteiger partial charge in [0.15, 0.2) is 0 Å². The summed E-state index contributed by atoms with van der Waals surface area (Å²) >= 11 is 0. The van der Waals surface area contributed by atoms with E-state index in [4.69, 9.17) is 9.47 Å². The van der Waals surface area contributed by atoms with Gasteiger partial charge in [-0.25, -0.2) is 0 Å². The van der Waals surface area contributed by atoms with E-state index in [2.05, 4.69) is 13.8 Å². The van der Waals surface area contributed by atoms with E-state index in [1.54, 1.807) is 0 Å². The maximum atomic E-state index is 5.55. The maximum Gasteiger partial charge on any atom is 0.104 e. The first-order valence-corrected chi connectivity index (χ1v) is 10.0. The van der Waals surface area contributed by atoms with Crippen LogP contribution in [0.5, 0.6) is 0 Å². The van der Waals surface area contributed by atoms with Crippen LogP contribution < -0.4 is 0 Å². The van der Waals surface area contributed by atoms with Crippen molar-refractivity contribution in [2.45, 2.75) is 103 Å². The monoisotopic (exact) mass is 312 g/mol. The largest absolute Gasteiger partial charge is 0.379 e. The minimum atomic E-state index is 0.426. The number of epoxide rings is 1. The molecule has 0 radical (unpaired) electrons. The van der Waals surface area contributed by atoms with Gasteiger partial charge in [0, 0.05) is 6.61 Å². The lowest BCUT2D eigenvalue weighted by atomic mass is 9.99. The molecule has 2 atom stereocenters. The molecule has 0 saturated carbocycles. The topological polar surface area (TPSA) is 21.8 Å². The molecule has 0 aliphatic carbocycles. The summed E-state index contributed by atoms with van der Waals surface area (Å²) in [7, 11) is 0. The Labute approximate surface area is 139 Å². The first-order valence-electron chi connectivity index (χ1n) is 10.0. The number of hydrogen-bond acceptors (Lipinski definition) is 2. The fraction of sp³-hybridized carbons (Fsp3) is 1.00. The highest BCUT2D eigenvalue weighted by Crippen LogP contribution is 2.15. The molecule has 22 heavy (non-hydrogen) atoms. The molecule has 1 aliphatic heterocycles. The van der Waals surface area contributed by atoms with Gasteiger partial charge >= 0.3 is 0 Å². The summed E-state index contributed by atoms with van der Waals surface area (Å²) in [6.07, 6.45) is 18.7. The van der Waals surface area contributed by atoms with Crippen LogP contribution in [0.1, 0.15) is 97.3 Å². The van der Waals surface area contributed by atoms with Crippen molar-refractivity contribution in [1.29, 1.82) is 0 Å². The van der Waals surface area contributed by atoms with Gasteiger partial charge in [-0.3, -0.25) is 0 Å². The molecule has 0 amide bonds. The molecule has 0 aromatic carbocycles. The average molecular weight is 313 g/mol. The molecule has 1 saturated heterocycles. The van der Waals surface area contributed by atoms with Crippen molar-refractivity contribution in [3.8, 4) is 0 Å². The highest BCUT2D eigenvalue weighted by atomic mass is 16.6. The highest BCUT2D eigenvalue weighted by Gasteiger charge is 2.21. The molecule has 2 unspecified atom stereocenters. The number of hydrogen-bond donors (Lipinski definition) is 0. The molecule has 1 heterocycles. The van der Waals surface area contributed by atoms with Crippen molar-refractivity contribution in [2.75, 3.05) is 19.8 Å². The van der Waals surface area contributed by atoms with Crippen LogP contribution in [0.3, 0.4) is 0 Å². The lowest BCUT2D eigenvalue weighted by Crippen LogP contribution is -2.02. The summed E-state index contributed by atoms with van der Waals surface area (Å²) in [6, 6.07) is 0. The summed E-state index contributed by atoms with van der Waals surface area (Å²) in [5, 5.41) is 0. The smallest absolute Gasteiger partial charge is 0.104 e. The van der Waals surface area contributed by atoms with Crippen LogP contribution in [0, 0.1) is 5.92 Å². The Morgan fingerprint density at radius 3 is 1.86 bits per heavy atom. The number of ether oxygens (including phenoxy) is 2. The summed E-state index contributed by atoms with van der Waals surface area (Å²) in [5.41, 5.74) is 0. The summed E-state index contributed by atoms with van der Waals surface area (Å²) in [4.78, 5) is 0.